The van der Waals surface area contributed by atoms with Crippen molar-refractivity contribution in [2.75, 3.05) is 18.1 Å². The molecule has 0 radical (unpaired) electrons. The third kappa shape index (κ3) is 16.0. The number of rotatable bonds is 19. The lowest BCUT2D eigenvalue weighted by Gasteiger charge is -2.46. The fourth-order valence-electron chi connectivity index (χ4n) is 5.76. The van der Waals surface area contributed by atoms with Crippen molar-refractivity contribution in [3.8, 4) is 0 Å². The summed E-state index contributed by atoms with van der Waals surface area (Å²) in [5.74, 6) is 1.68. The van der Waals surface area contributed by atoms with Crippen LogP contribution in [0.5, 0.6) is 0 Å². The maximum Gasteiger partial charge on any atom is 0.154 e. The van der Waals surface area contributed by atoms with E-state index in [2.05, 4.69) is 69.6 Å². The molecule has 3 aliphatic rings. The maximum absolute atomic E-state index is 13.1. The van der Waals surface area contributed by atoms with Crippen molar-refractivity contribution in [3.63, 3.8) is 0 Å². The van der Waals surface area contributed by atoms with Gasteiger partial charge in [-0.2, -0.15) is 11.8 Å². The lowest BCUT2D eigenvalue weighted by Crippen LogP contribution is -2.60. The van der Waals surface area contributed by atoms with E-state index in [0.717, 1.165) is 74.8 Å². The van der Waals surface area contributed by atoms with Crippen molar-refractivity contribution in [3.05, 3.63) is 61.1 Å². The molecule has 3 unspecified atom stereocenters. The second-order valence-corrected chi connectivity index (χ2v) is 18.1. The van der Waals surface area contributed by atoms with Crippen molar-refractivity contribution in [1.82, 2.24) is 16.0 Å². The predicted molar refractivity (Wildman–Crippen MR) is 206 cm³/mol. The minimum Gasteiger partial charge on any atom is -0.403 e. The zero-order valence-corrected chi connectivity index (χ0v) is 32.1. The van der Waals surface area contributed by atoms with Crippen LogP contribution >= 0.6 is 11.8 Å². The Kier molecular flexibility index (Phi) is 19.7. The van der Waals surface area contributed by atoms with E-state index in [9.17, 15) is 8.42 Å². The molecular formula is C38H70N4O2S2. The summed E-state index contributed by atoms with van der Waals surface area (Å²) in [4.78, 5) is 0. The molecule has 6 nitrogen and oxygen atoms in total. The van der Waals surface area contributed by atoms with Crippen LogP contribution in [0.1, 0.15) is 125 Å². The highest BCUT2D eigenvalue weighted by atomic mass is 32.2. The third-order valence-corrected chi connectivity index (χ3v) is 12.6. The fraction of sp³-hybridized carbons (Fsp3) is 0.737. The van der Waals surface area contributed by atoms with Gasteiger partial charge in [-0.25, -0.2) is 8.42 Å². The molecule has 0 spiro atoms. The molecule has 3 rings (SSSR count). The van der Waals surface area contributed by atoms with Gasteiger partial charge < -0.3 is 21.7 Å². The summed E-state index contributed by atoms with van der Waals surface area (Å²) >= 11 is 1.99. The molecule has 0 amide bonds. The maximum atomic E-state index is 13.1. The lowest BCUT2D eigenvalue weighted by atomic mass is 9.80. The first kappa shape index (κ1) is 42.4. The summed E-state index contributed by atoms with van der Waals surface area (Å²) in [5, 5.41) is 11.1. The molecule has 1 aliphatic heterocycles. The van der Waals surface area contributed by atoms with Gasteiger partial charge in [-0.3, -0.25) is 0 Å². The minimum absolute atomic E-state index is 0.124. The van der Waals surface area contributed by atoms with E-state index in [0.29, 0.717) is 23.5 Å². The van der Waals surface area contributed by atoms with Crippen LogP contribution in [0, 0.1) is 5.92 Å². The molecule has 0 aromatic carbocycles. The van der Waals surface area contributed by atoms with Crippen LogP contribution in [0.3, 0.4) is 0 Å². The average Bonchev–Trinajstić information content (AvgIpc) is 3.76. The van der Waals surface area contributed by atoms with Gasteiger partial charge in [0.15, 0.2) is 9.84 Å². The summed E-state index contributed by atoms with van der Waals surface area (Å²) in [6.45, 7) is 33.3. The summed E-state index contributed by atoms with van der Waals surface area (Å²) in [5.41, 5.74) is 9.37. The molecule has 3 fully saturated rings. The first-order valence-corrected chi connectivity index (χ1v) is 20.6. The van der Waals surface area contributed by atoms with Crippen LogP contribution in [-0.2, 0) is 9.84 Å². The summed E-state index contributed by atoms with van der Waals surface area (Å²) in [6, 6.07) is 0.688. The van der Waals surface area contributed by atoms with E-state index in [4.69, 9.17) is 5.73 Å². The Morgan fingerprint density at radius 1 is 1.00 bits per heavy atom. The van der Waals surface area contributed by atoms with Crippen molar-refractivity contribution in [1.29, 1.82) is 0 Å². The normalized spacial score (nSPS) is 19.9. The van der Waals surface area contributed by atoms with E-state index in [1.54, 1.807) is 6.92 Å². The molecule has 266 valence electrons. The molecule has 2 aliphatic carbocycles. The van der Waals surface area contributed by atoms with Crippen LogP contribution in [0.4, 0.5) is 0 Å². The van der Waals surface area contributed by atoms with Crippen molar-refractivity contribution in [2.24, 2.45) is 11.7 Å². The number of hydrogen-bond donors (Lipinski definition) is 4. The van der Waals surface area contributed by atoms with E-state index in [1.807, 2.05) is 25.6 Å². The fourth-order valence-corrected chi connectivity index (χ4v) is 8.19. The Morgan fingerprint density at radius 2 is 1.57 bits per heavy atom. The average molecular weight is 679 g/mol. The van der Waals surface area contributed by atoms with Crippen molar-refractivity contribution in [2.45, 2.75) is 153 Å². The third-order valence-electron chi connectivity index (χ3n) is 8.83. The molecule has 0 aromatic heterocycles. The number of nitrogens with one attached hydrogen (secondary N) is 3. The Morgan fingerprint density at radius 3 is 2.02 bits per heavy atom. The molecule has 1 saturated heterocycles. The van der Waals surface area contributed by atoms with E-state index < -0.39 is 9.84 Å². The van der Waals surface area contributed by atoms with Gasteiger partial charge in [0.1, 0.15) is 0 Å². The standard InChI is InChI=1S/C32H55N3O2S2.C3H7N.C3H8/c1-8-9-13-28(27(7)33-21-25(5)26(6)34-29-14-15-29)20-24(4)31(30-16-19-38-30)35-32(17-11-10-12-18-32)22-39(36,37)23(2)3;1-3(2)4;1-3-2/h23,28-31,33-35H,4-22H2,1-3H3;1,4H2,2H3;3H2,1-2H3. The number of allylic oxidation sites excluding steroid dienone is 2. The van der Waals surface area contributed by atoms with Gasteiger partial charge in [0.05, 0.1) is 11.0 Å². The summed E-state index contributed by atoms with van der Waals surface area (Å²) in [6.07, 6.45) is 14.3. The predicted octanol–water partition coefficient (Wildman–Crippen LogP) is 8.55. The molecule has 5 N–H and O–H groups in total. The molecular weight excluding hydrogens is 609 g/mol. The van der Waals surface area contributed by atoms with Crippen LogP contribution in [0.2, 0.25) is 0 Å². The summed E-state index contributed by atoms with van der Waals surface area (Å²) < 4.78 is 26.3. The molecule has 1 heterocycles. The highest BCUT2D eigenvalue weighted by molar-refractivity contribution is 8.01. The first-order valence-electron chi connectivity index (χ1n) is 17.9. The number of sulfone groups is 1. The molecule has 3 atom stereocenters. The lowest BCUT2D eigenvalue weighted by molar-refractivity contribution is 0.233. The van der Waals surface area contributed by atoms with E-state index >= 15 is 0 Å². The molecule has 0 bridgehead atoms. The van der Waals surface area contributed by atoms with Gasteiger partial charge in [0, 0.05) is 46.7 Å². The van der Waals surface area contributed by atoms with Crippen LogP contribution in [-0.4, -0.2) is 54.6 Å². The molecule has 2 saturated carbocycles. The van der Waals surface area contributed by atoms with E-state index in [1.165, 1.54) is 37.0 Å². The second-order valence-electron chi connectivity index (χ2n) is 14.2. The highest BCUT2D eigenvalue weighted by Gasteiger charge is 2.42. The summed E-state index contributed by atoms with van der Waals surface area (Å²) in [7, 11) is -3.16. The van der Waals surface area contributed by atoms with Gasteiger partial charge in [0.25, 0.3) is 0 Å². The quantitative estimate of drug-likeness (QED) is 0.0803. The Bertz CT molecular complexity index is 1080. The number of nitrogens with two attached hydrogens (primary N) is 1. The van der Waals surface area contributed by atoms with Crippen LogP contribution < -0.4 is 21.7 Å². The Labute approximate surface area is 289 Å². The highest BCUT2D eigenvalue weighted by Crippen LogP contribution is 2.39. The Hall–Kier alpha value is -1.64. The largest absolute Gasteiger partial charge is 0.403 e. The number of thioether (sulfide) groups is 1. The second kappa shape index (κ2) is 21.4. The Balaban J connectivity index is 0.00000137. The van der Waals surface area contributed by atoms with Gasteiger partial charge in [0.2, 0.25) is 0 Å². The van der Waals surface area contributed by atoms with Crippen molar-refractivity contribution < 1.29 is 8.42 Å². The molecule has 46 heavy (non-hydrogen) atoms. The minimum atomic E-state index is -3.16. The van der Waals surface area contributed by atoms with Crippen molar-refractivity contribution >= 4 is 21.6 Å². The monoisotopic (exact) mass is 678 g/mol. The first-order chi connectivity index (χ1) is 21.6. The SMILES string of the molecule is C=C(C)N.C=C(CNC(=C)C(CCCC)CC(=C)C(NC1(CS(=O)(=O)C(C)C)CCCCC1)C1CCS1)C(=C)NC1CC1.CCC. The molecule has 8 heteroatoms. The number of unbranched alkanes of at least 4 members (excludes halogenated alkanes) is 1. The smallest absolute Gasteiger partial charge is 0.154 e. The van der Waals surface area contributed by atoms with Gasteiger partial charge in [-0.15, -0.1) is 0 Å². The van der Waals surface area contributed by atoms with Gasteiger partial charge in [-0.05, 0) is 82.7 Å². The van der Waals surface area contributed by atoms with Gasteiger partial charge >= 0.3 is 0 Å². The zero-order valence-electron chi connectivity index (χ0n) is 30.4. The zero-order chi connectivity index (χ0) is 34.9. The van der Waals surface area contributed by atoms with E-state index in [-0.39, 0.29) is 28.5 Å². The topological polar surface area (TPSA) is 96.2 Å². The van der Waals surface area contributed by atoms with Gasteiger partial charge in [-0.1, -0.05) is 97.8 Å². The van der Waals surface area contributed by atoms with Crippen LogP contribution in [0.15, 0.2) is 61.1 Å². The van der Waals surface area contributed by atoms with Crippen LogP contribution in [0.25, 0.3) is 0 Å². The number of hydrogen-bond acceptors (Lipinski definition) is 7. The molecule has 0 aromatic rings.